The molecule has 7 nitrogen and oxygen atoms in total. The van der Waals surface area contributed by atoms with Gasteiger partial charge in [-0.1, -0.05) is 45.0 Å². The number of aliphatic hydroxyl groups excluding tert-OH is 1. The average molecular weight is 543 g/mol. The summed E-state index contributed by atoms with van der Waals surface area (Å²) >= 11 is 0. The third kappa shape index (κ3) is 6.88. The van der Waals surface area contributed by atoms with Gasteiger partial charge in [0.25, 0.3) is 0 Å². The Kier molecular flexibility index (Phi) is 8.24. The minimum absolute atomic E-state index is 0.0270. The van der Waals surface area contributed by atoms with Gasteiger partial charge in [-0.2, -0.15) is 0 Å². The molecule has 1 aliphatic heterocycles. The molecule has 5 rings (SSSR count). The Morgan fingerprint density at radius 3 is 2.58 bits per heavy atom. The molecule has 0 bridgehead atoms. The van der Waals surface area contributed by atoms with E-state index in [1.807, 2.05) is 30.5 Å². The standard InChI is InChI=1S/C33H42N4O3/c1-22(38)37-28(17-23-7-5-8-26(15-23)25-9-13-34-14-10-25)30(39)21-35-29-19-33(11-6-12-33)40-31-27(29)16-24(20-36-31)18-32(2,3)4/h5,7-10,13-16,20,28-30,35,39H,6,11-12,17-19,21H2,1-4H3,(H,37,38)/t28-,29-,30+/m0/s1. The Morgan fingerprint density at radius 1 is 1.12 bits per heavy atom. The van der Waals surface area contributed by atoms with Crippen LogP contribution in [0.2, 0.25) is 0 Å². The molecule has 2 aliphatic rings. The van der Waals surface area contributed by atoms with Crippen LogP contribution in [0, 0.1) is 5.41 Å². The maximum absolute atomic E-state index is 12.1. The minimum Gasteiger partial charge on any atom is -0.471 e. The first-order valence-corrected chi connectivity index (χ1v) is 14.4. The van der Waals surface area contributed by atoms with E-state index in [-0.39, 0.29) is 23.0 Å². The van der Waals surface area contributed by atoms with Crippen molar-refractivity contribution in [3.8, 4) is 17.0 Å². The molecule has 0 radical (unpaired) electrons. The first kappa shape index (κ1) is 28.2. The van der Waals surface area contributed by atoms with E-state index >= 15 is 0 Å². The summed E-state index contributed by atoms with van der Waals surface area (Å²) in [5, 5.41) is 18.0. The lowest BCUT2D eigenvalue weighted by Gasteiger charge is -2.47. The molecule has 3 aromatic rings. The quantitative estimate of drug-likeness (QED) is 0.345. The van der Waals surface area contributed by atoms with Crippen LogP contribution >= 0.6 is 0 Å². The summed E-state index contributed by atoms with van der Waals surface area (Å²) in [7, 11) is 0. The molecule has 40 heavy (non-hydrogen) atoms. The number of aromatic nitrogens is 2. The van der Waals surface area contributed by atoms with Crippen LogP contribution < -0.4 is 15.4 Å². The fourth-order valence-electron chi connectivity index (χ4n) is 5.97. The third-order valence-corrected chi connectivity index (χ3v) is 8.02. The summed E-state index contributed by atoms with van der Waals surface area (Å²) in [6.45, 7) is 8.53. The number of ether oxygens (including phenoxy) is 1. The summed E-state index contributed by atoms with van der Waals surface area (Å²) in [4.78, 5) is 21.0. The van der Waals surface area contributed by atoms with Crippen molar-refractivity contribution in [2.75, 3.05) is 6.54 Å². The number of pyridine rings is 2. The Bertz CT molecular complexity index is 1320. The number of nitrogens with one attached hydrogen (secondary N) is 2. The fraction of sp³-hybridized carbons (Fsp3) is 0.485. The molecule has 1 aromatic carbocycles. The largest absolute Gasteiger partial charge is 0.471 e. The van der Waals surface area contributed by atoms with Crippen LogP contribution in [0.25, 0.3) is 11.1 Å². The van der Waals surface area contributed by atoms with Crippen molar-refractivity contribution >= 4 is 5.91 Å². The molecule has 2 aromatic heterocycles. The minimum atomic E-state index is -0.775. The zero-order chi connectivity index (χ0) is 28.3. The van der Waals surface area contributed by atoms with Gasteiger partial charge >= 0.3 is 0 Å². The molecular weight excluding hydrogens is 500 g/mol. The Labute approximate surface area is 237 Å². The van der Waals surface area contributed by atoms with Crippen LogP contribution in [-0.4, -0.2) is 45.3 Å². The second kappa shape index (κ2) is 11.7. The fourth-order valence-corrected chi connectivity index (χ4v) is 5.97. The van der Waals surface area contributed by atoms with Crippen LogP contribution in [0.4, 0.5) is 0 Å². The van der Waals surface area contributed by atoms with Crippen molar-refractivity contribution < 1.29 is 14.6 Å². The number of hydrogen-bond acceptors (Lipinski definition) is 6. The maximum atomic E-state index is 12.1. The molecule has 0 saturated heterocycles. The number of amides is 1. The lowest BCUT2D eigenvalue weighted by atomic mass is 9.73. The van der Waals surface area contributed by atoms with Gasteiger partial charge in [0.2, 0.25) is 11.8 Å². The molecule has 7 heteroatoms. The predicted molar refractivity (Wildman–Crippen MR) is 157 cm³/mol. The molecule has 1 amide bonds. The zero-order valence-corrected chi connectivity index (χ0v) is 24.1. The van der Waals surface area contributed by atoms with E-state index in [9.17, 15) is 9.90 Å². The van der Waals surface area contributed by atoms with E-state index < -0.39 is 12.1 Å². The number of aliphatic hydroxyl groups is 1. The first-order valence-electron chi connectivity index (χ1n) is 14.4. The number of hydrogen-bond donors (Lipinski definition) is 3. The van der Waals surface area contributed by atoms with Crippen molar-refractivity contribution in [3.05, 3.63) is 77.7 Å². The molecule has 3 heterocycles. The van der Waals surface area contributed by atoms with Gasteiger partial charge in [-0.25, -0.2) is 4.98 Å². The van der Waals surface area contributed by atoms with E-state index in [0.29, 0.717) is 18.8 Å². The Balaban J connectivity index is 1.32. The van der Waals surface area contributed by atoms with Crippen LogP contribution in [0.15, 0.2) is 61.1 Å². The number of carbonyl (C=O) groups excluding carboxylic acids is 1. The first-order chi connectivity index (χ1) is 19.1. The van der Waals surface area contributed by atoms with Gasteiger partial charge in [-0.05, 0) is 78.0 Å². The van der Waals surface area contributed by atoms with E-state index in [2.05, 4.69) is 54.6 Å². The Hall–Kier alpha value is -3.29. The van der Waals surface area contributed by atoms with Gasteiger partial charge in [-0.3, -0.25) is 9.78 Å². The highest BCUT2D eigenvalue weighted by Crippen LogP contribution is 2.48. The van der Waals surface area contributed by atoms with Crippen molar-refractivity contribution in [2.45, 2.75) is 90.0 Å². The van der Waals surface area contributed by atoms with Crippen molar-refractivity contribution in [3.63, 3.8) is 0 Å². The second-order valence-corrected chi connectivity index (χ2v) is 12.8. The van der Waals surface area contributed by atoms with Gasteiger partial charge in [-0.15, -0.1) is 0 Å². The van der Waals surface area contributed by atoms with E-state index in [4.69, 9.17) is 9.72 Å². The van der Waals surface area contributed by atoms with Crippen LogP contribution in [0.5, 0.6) is 5.88 Å². The summed E-state index contributed by atoms with van der Waals surface area (Å²) in [6.07, 6.45) is 10.2. The van der Waals surface area contributed by atoms with Gasteiger partial charge < -0.3 is 20.5 Å². The molecule has 1 aliphatic carbocycles. The Morgan fingerprint density at radius 2 is 1.90 bits per heavy atom. The van der Waals surface area contributed by atoms with E-state index in [0.717, 1.165) is 54.4 Å². The summed E-state index contributed by atoms with van der Waals surface area (Å²) < 4.78 is 6.43. The van der Waals surface area contributed by atoms with Crippen LogP contribution in [0.3, 0.4) is 0 Å². The molecule has 1 saturated carbocycles. The van der Waals surface area contributed by atoms with Gasteiger partial charge in [0.1, 0.15) is 5.60 Å². The lowest BCUT2D eigenvalue weighted by Crippen LogP contribution is -2.52. The number of nitrogens with zero attached hydrogens (tertiary/aromatic N) is 2. The number of carbonyl (C=O) groups is 1. The predicted octanol–water partition coefficient (Wildman–Crippen LogP) is 5.18. The average Bonchev–Trinajstić information content (AvgIpc) is 2.90. The SMILES string of the molecule is CC(=O)N[C@@H](Cc1cccc(-c2ccncc2)c1)[C@H](O)CN[C@H]1CC2(CCC2)Oc2ncc(CC(C)(C)C)cc21. The molecular formula is C33H42N4O3. The number of benzene rings is 1. The summed E-state index contributed by atoms with van der Waals surface area (Å²) in [5.41, 5.74) is 5.45. The normalized spacial score (nSPS) is 19.2. The number of rotatable bonds is 9. The lowest BCUT2D eigenvalue weighted by molar-refractivity contribution is -0.120. The zero-order valence-electron chi connectivity index (χ0n) is 24.1. The molecule has 0 unspecified atom stereocenters. The van der Waals surface area contributed by atoms with Gasteiger partial charge in [0.15, 0.2) is 0 Å². The van der Waals surface area contributed by atoms with Crippen molar-refractivity contribution in [1.82, 2.24) is 20.6 Å². The highest BCUT2D eigenvalue weighted by molar-refractivity contribution is 5.73. The highest BCUT2D eigenvalue weighted by Gasteiger charge is 2.46. The van der Waals surface area contributed by atoms with Gasteiger partial charge in [0.05, 0.1) is 12.1 Å². The van der Waals surface area contributed by atoms with E-state index in [1.54, 1.807) is 12.4 Å². The van der Waals surface area contributed by atoms with Crippen LogP contribution in [0.1, 0.15) is 76.1 Å². The molecule has 1 fully saturated rings. The molecule has 3 N–H and O–H groups in total. The highest BCUT2D eigenvalue weighted by atomic mass is 16.5. The summed E-state index contributed by atoms with van der Waals surface area (Å²) in [5.74, 6) is 0.553. The molecule has 1 spiro atoms. The second-order valence-electron chi connectivity index (χ2n) is 12.8. The van der Waals surface area contributed by atoms with Crippen molar-refractivity contribution in [1.29, 1.82) is 0 Å². The molecule has 3 atom stereocenters. The number of fused-ring (bicyclic) bond motifs is 1. The summed E-state index contributed by atoms with van der Waals surface area (Å²) in [6, 6.07) is 14.0. The third-order valence-electron chi connectivity index (χ3n) is 8.02. The monoisotopic (exact) mass is 542 g/mol. The van der Waals surface area contributed by atoms with Crippen molar-refractivity contribution in [2.24, 2.45) is 5.41 Å². The molecule has 212 valence electrons. The van der Waals surface area contributed by atoms with E-state index in [1.165, 1.54) is 12.5 Å². The van der Waals surface area contributed by atoms with Gasteiger partial charge in [0, 0.05) is 50.1 Å². The van der Waals surface area contributed by atoms with Crippen LogP contribution in [-0.2, 0) is 17.6 Å². The smallest absolute Gasteiger partial charge is 0.218 e. The maximum Gasteiger partial charge on any atom is 0.218 e. The topological polar surface area (TPSA) is 96.4 Å².